The molecule has 2 aliphatic heterocycles. The highest BCUT2D eigenvalue weighted by atomic mass is 32.1. The predicted octanol–water partition coefficient (Wildman–Crippen LogP) is 2.11. The minimum Gasteiger partial charge on any atom is -0.459 e. The molecule has 0 aliphatic carbocycles. The summed E-state index contributed by atoms with van der Waals surface area (Å²) >= 11 is 1.65. The number of nitrogens with zero attached hydrogens (tertiary/aromatic N) is 1. The van der Waals surface area contributed by atoms with Gasteiger partial charge < -0.3 is 24.2 Å². The SMILES string of the molecule is O=C(C1=C[C@@H](c2ccsc2)C[C@@H](OCCCCO)O1)N1CCOCC1. The van der Waals surface area contributed by atoms with Crippen LogP contribution >= 0.6 is 11.3 Å². The van der Waals surface area contributed by atoms with Crippen LogP contribution in [0.4, 0.5) is 0 Å². The summed E-state index contributed by atoms with van der Waals surface area (Å²) in [5.74, 6) is 0.395. The van der Waals surface area contributed by atoms with Crippen molar-refractivity contribution in [2.24, 2.45) is 0 Å². The maximum Gasteiger partial charge on any atom is 0.288 e. The van der Waals surface area contributed by atoms with Gasteiger partial charge in [-0.3, -0.25) is 4.79 Å². The van der Waals surface area contributed by atoms with Crippen LogP contribution in [0.3, 0.4) is 0 Å². The zero-order valence-electron chi connectivity index (χ0n) is 14.3. The summed E-state index contributed by atoms with van der Waals surface area (Å²) in [6.07, 6.45) is 3.66. The Morgan fingerprint density at radius 2 is 2.20 bits per heavy atom. The van der Waals surface area contributed by atoms with E-state index in [2.05, 4.69) is 11.4 Å². The fraction of sp³-hybridized carbons (Fsp3) is 0.611. The van der Waals surface area contributed by atoms with Crippen LogP contribution in [-0.2, 0) is 19.0 Å². The van der Waals surface area contributed by atoms with Gasteiger partial charge in [-0.25, -0.2) is 0 Å². The van der Waals surface area contributed by atoms with Crippen LogP contribution < -0.4 is 0 Å². The van der Waals surface area contributed by atoms with Gasteiger partial charge in [-0.15, -0.1) is 0 Å². The first-order valence-corrected chi connectivity index (χ1v) is 9.72. The molecule has 6 nitrogen and oxygen atoms in total. The lowest BCUT2D eigenvalue weighted by Crippen LogP contribution is -2.43. The summed E-state index contributed by atoms with van der Waals surface area (Å²) in [6.45, 7) is 2.98. The molecule has 1 fully saturated rings. The number of carbonyl (C=O) groups excluding carboxylic acids is 1. The van der Waals surface area contributed by atoms with Crippen LogP contribution in [0, 0.1) is 0 Å². The summed E-state index contributed by atoms with van der Waals surface area (Å²) in [5.41, 5.74) is 1.18. The second-order valence-corrected chi connectivity index (χ2v) is 6.96. The highest BCUT2D eigenvalue weighted by Gasteiger charge is 2.31. The van der Waals surface area contributed by atoms with Crippen LogP contribution in [0.15, 0.2) is 28.7 Å². The van der Waals surface area contributed by atoms with Gasteiger partial charge in [0.05, 0.1) is 19.8 Å². The lowest BCUT2D eigenvalue weighted by Gasteiger charge is -2.32. The summed E-state index contributed by atoms with van der Waals surface area (Å²) in [7, 11) is 0. The number of rotatable bonds is 7. The Kier molecular flexibility index (Phi) is 6.86. The highest BCUT2D eigenvalue weighted by molar-refractivity contribution is 7.08. The smallest absolute Gasteiger partial charge is 0.288 e. The van der Waals surface area contributed by atoms with Crippen molar-refractivity contribution in [3.8, 4) is 0 Å². The van der Waals surface area contributed by atoms with Crippen molar-refractivity contribution in [3.05, 3.63) is 34.2 Å². The third-order valence-corrected chi connectivity index (χ3v) is 5.10. The van der Waals surface area contributed by atoms with E-state index in [-0.39, 0.29) is 18.4 Å². The van der Waals surface area contributed by atoms with Crippen LogP contribution in [0.25, 0.3) is 0 Å². The van der Waals surface area contributed by atoms with E-state index in [0.29, 0.717) is 51.5 Å². The van der Waals surface area contributed by atoms with E-state index in [1.807, 2.05) is 11.5 Å². The Bertz CT molecular complexity index is 568. The molecule has 1 amide bonds. The van der Waals surface area contributed by atoms with E-state index in [1.165, 1.54) is 5.56 Å². The molecular formula is C18H25NO5S. The van der Waals surface area contributed by atoms with Gasteiger partial charge in [0.1, 0.15) is 0 Å². The number of aliphatic hydroxyl groups is 1. The van der Waals surface area contributed by atoms with Crippen molar-refractivity contribution in [3.63, 3.8) is 0 Å². The fourth-order valence-electron chi connectivity index (χ4n) is 2.98. The zero-order valence-corrected chi connectivity index (χ0v) is 15.1. The van der Waals surface area contributed by atoms with Crippen molar-refractivity contribution in [2.45, 2.75) is 31.5 Å². The number of carbonyl (C=O) groups is 1. The molecular weight excluding hydrogens is 342 g/mol. The topological polar surface area (TPSA) is 68.2 Å². The van der Waals surface area contributed by atoms with Gasteiger partial charge in [0.15, 0.2) is 5.76 Å². The largest absolute Gasteiger partial charge is 0.459 e. The maximum atomic E-state index is 12.8. The minimum atomic E-state index is -0.436. The van der Waals surface area contributed by atoms with Crippen molar-refractivity contribution in [2.75, 3.05) is 39.5 Å². The predicted molar refractivity (Wildman–Crippen MR) is 94.3 cm³/mol. The molecule has 0 aromatic carbocycles. The van der Waals surface area contributed by atoms with Gasteiger partial charge in [0.25, 0.3) is 5.91 Å². The fourth-order valence-corrected chi connectivity index (χ4v) is 3.70. The van der Waals surface area contributed by atoms with Gasteiger partial charge >= 0.3 is 0 Å². The van der Waals surface area contributed by atoms with E-state index in [4.69, 9.17) is 19.3 Å². The number of hydrogen-bond acceptors (Lipinski definition) is 6. The lowest BCUT2D eigenvalue weighted by molar-refractivity contribution is -0.155. The first kappa shape index (κ1) is 18.4. The molecule has 7 heteroatoms. The number of morpholine rings is 1. The number of thiophene rings is 1. The molecule has 0 radical (unpaired) electrons. The van der Waals surface area contributed by atoms with Crippen LogP contribution in [0.5, 0.6) is 0 Å². The maximum absolute atomic E-state index is 12.8. The van der Waals surface area contributed by atoms with Gasteiger partial charge in [-0.1, -0.05) is 0 Å². The van der Waals surface area contributed by atoms with E-state index >= 15 is 0 Å². The lowest BCUT2D eigenvalue weighted by atomic mass is 9.95. The minimum absolute atomic E-state index is 0.0906. The number of unbranched alkanes of at least 4 members (excludes halogenated alkanes) is 1. The molecule has 1 saturated heterocycles. The Morgan fingerprint density at radius 1 is 1.36 bits per heavy atom. The van der Waals surface area contributed by atoms with Crippen molar-refractivity contribution < 1.29 is 24.1 Å². The number of aliphatic hydroxyl groups excluding tert-OH is 1. The number of hydrogen-bond donors (Lipinski definition) is 1. The molecule has 0 bridgehead atoms. The van der Waals surface area contributed by atoms with E-state index in [9.17, 15) is 4.79 Å². The highest BCUT2D eigenvalue weighted by Crippen LogP contribution is 2.33. The molecule has 1 aromatic heterocycles. The van der Waals surface area contributed by atoms with Crippen molar-refractivity contribution in [1.29, 1.82) is 0 Å². The molecule has 1 aromatic rings. The monoisotopic (exact) mass is 367 g/mol. The van der Waals surface area contributed by atoms with Crippen LogP contribution in [-0.4, -0.2) is 61.7 Å². The van der Waals surface area contributed by atoms with Crippen LogP contribution in [0.2, 0.25) is 0 Å². The summed E-state index contributed by atoms with van der Waals surface area (Å²) in [6, 6.07) is 2.08. The first-order valence-electron chi connectivity index (χ1n) is 8.78. The van der Waals surface area contributed by atoms with Crippen molar-refractivity contribution in [1.82, 2.24) is 4.90 Å². The van der Waals surface area contributed by atoms with Gasteiger partial charge in [-0.2, -0.15) is 11.3 Å². The molecule has 0 saturated carbocycles. The average Bonchev–Trinajstić information content (AvgIpc) is 3.20. The summed E-state index contributed by atoms with van der Waals surface area (Å²) in [5, 5.41) is 13.0. The second-order valence-electron chi connectivity index (χ2n) is 6.18. The Morgan fingerprint density at radius 3 is 2.92 bits per heavy atom. The second kappa shape index (κ2) is 9.33. The normalized spacial score (nSPS) is 23.9. The molecule has 3 heterocycles. The molecule has 2 atom stereocenters. The number of ether oxygens (including phenoxy) is 3. The zero-order chi connectivity index (χ0) is 17.5. The molecule has 3 rings (SSSR count). The Balaban J connectivity index is 1.68. The standard InChI is InChI=1S/C18H25NO5S/c20-6-1-2-7-23-17-12-15(14-3-10-25-13-14)11-16(24-17)18(21)19-4-8-22-9-5-19/h3,10-11,13,15,17,20H,1-2,4-9,12H2/t15-,17+/m1/s1. The average molecular weight is 367 g/mol. The molecule has 25 heavy (non-hydrogen) atoms. The molecule has 0 spiro atoms. The van der Waals surface area contributed by atoms with Crippen molar-refractivity contribution >= 4 is 17.2 Å². The van der Waals surface area contributed by atoms with Gasteiger partial charge in [0, 0.05) is 32.0 Å². The van der Waals surface area contributed by atoms with E-state index in [1.54, 1.807) is 16.2 Å². The quantitative estimate of drug-likeness (QED) is 0.748. The van der Waals surface area contributed by atoms with Gasteiger partial charge in [-0.05, 0) is 41.3 Å². The van der Waals surface area contributed by atoms with E-state index < -0.39 is 6.29 Å². The molecule has 1 N–H and O–H groups in total. The first-order chi connectivity index (χ1) is 12.3. The van der Waals surface area contributed by atoms with Crippen LogP contribution in [0.1, 0.15) is 30.7 Å². The van der Waals surface area contributed by atoms with Gasteiger partial charge in [0.2, 0.25) is 6.29 Å². The molecule has 2 aliphatic rings. The summed E-state index contributed by atoms with van der Waals surface area (Å²) < 4.78 is 17.0. The third kappa shape index (κ3) is 5.04. The third-order valence-electron chi connectivity index (χ3n) is 4.39. The Hall–Kier alpha value is -1.41. The number of allylic oxidation sites excluding steroid dienone is 1. The summed E-state index contributed by atoms with van der Waals surface area (Å²) in [4.78, 5) is 14.6. The van der Waals surface area contributed by atoms with E-state index in [0.717, 1.165) is 6.42 Å². The Labute approximate surface area is 152 Å². The molecule has 0 unspecified atom stereocenters. The number of amides is 1. The molecule has 138 valence electrons.